The van der Waals surface area contributed by atoms with E-state index in [0.29, 0.717) is 24.7 Å². The van der Waals surface area contributed by atoms with Crippen LogP contribution in [0.15, 0.2) is 18.2 Å². The van der Waals surface area contributed by atoms with Gasteiger partial charge < -0.3 is 20.3 Å². The molecule has 0 amide bonds. The molecule has 1 fully saturated rings. The molecule has 18 heavy (non-hydrogen) atoms. The number of hydrogen-bond acceptors (Lipinski definition) is 5. The second kappa shape index (κ2) is 5.65. The van der Waals surface area contributed by atoms with Crippen molar-refractivity contribution in [2.24, 2.45) is 11.1 Å². The lowest BCUT2D eigenvalue weighted by Crippen LogP contribution is -2.44. The summed E-state index contributed by atoms with van der Waals surface area (Å²) < 4.78 is 10.6. The van der Waals surface area contributed by atoms with Crippen LogP contribution in [-0.2, 0) is 4.74 Å². The Labute approximate surface area is 107 Å². The van der Waals surface area contributed by atoms with Crippen LogP contribution < -0.4 is 10.5 Å². The van der Waals surface area contributed by atoms with Crippen LogP contribution in [0.25, 0.3) is 0 Å². The number of methoxy groups -OCH3 is 1. The molecule has 2 atom stereocenters. The van der Waals surface area contributed by atoms with Gasteiger partial charge in [0.25, 0.3) is 0 Å². The highest BCUT2D eigenvalue weighted by molar-refractivity contribution is 5.19. The Kier molecular flexibility index (Phi) is 4.16. The zero-order valence-corrected chi connectivity index (χ0v) is 10.6. The molecule has 3 N–H and O–H groups in total. The smallest absolute Gasteiger partial charge is 0.213 e. The standard InChI is InChI=1S/C13H20N2O3/c1-17-11-5-2-4-10(15-11)12(16)13(8-14)6-3-7-18-9-13/h2,4-5,12,16H,3,6-9,14H2,1H3. The summed E-state index contributed by atoms with van der Waals surface area (Å²) >= 11 is 0. The number of hydrogen-bond donors (Lipinski definition) is 2. The van der Waals surface area contributed by atoms with Crippen LogP contribution >= 0.6 is 0 Å². The van der Waals surface area contributed by atoms with Crippen molar-refractivity contribution in [3.63, 3.8) is 0 Å². The van der Waals surface area contributed by atoms with E-state index in [1.165, 1.54) is 0 Å². The molecule has 0 saturated carbocycles. The zero-order valence-electron chi connectivity index (χ0n) is 10.6. The van der Waals surface area contributed by atoms with Gasteiger partial charge in [-0.15, -0.1) is 0 Å². The molecule has 2 unspecified atom stereocenters. The van der Waals surface area contributed by atoms with Gasteiger partial charge in [-0.05, 0) is 18.9 Å². The summed E-state index contributed by atoms with van der Waals surface area (Å²) in [6.45, 7) is 1.59. The Balaban J connectivity index is 2.24. The Bertz CT molecular complexity index is 392. The minimum absolute atomic E-state index is 0.382. The molecule has 5 heteroatoms. The molecular weight excluding hydrogens is 232 g/mol. The highest BCUT2D eigenvalue weighted by Gasteiger charge is 2.40. The minimum Gasteiger partial charge on any atom is -0.481 e. The summed E-state index contributed by atoms with van der Waals surface area (Å²) in [5.41, 5.74) is 6.00. The molecule has 0 aliphatic carbocycles. The number of aliphatic hydroxyl groups excluding tert-OH is 1. The number of pyridine rings is 1. The fraction of sp³-hybridized carbons (Fsp3) is 0.615. The number of aromatic nitrogens is 1. The molecule has 2 rings (SSSR count). The average molecular weight is 252 g/mol. The first-order valence-electron chi connectivity index (χ1n) is 6.19. The second-order valence-corrected chi connectivity index (χ2v) is 4.73. The van der Waals surface area contributed by atoms with E-state index in [9.17, 15) is 5.11 Å². The van der Waals surface area contributed by atoms with Crippen molar-refractivity contribution in [3.8, 4) is 5.88 Å². The molecule has 1 aromatic heterocycles. The predicted molar refractivity (Wildman–Crippen MR) is 67.3 cm³/mol. The van der Waals surface area contributed by atoms with Crippen LogP contribution in [-0.4, -0.2) is 37.0 Å². The molecule has 1 saturated heterocycles. The molecule has 5 nitrogen and oxygen atoms in total. The van der Waals surface area contributed by atoms with Gasteiger partial charge in [0.1, 0.15) is 6.10 Å². The Morgan fingerprint density at radius 3 is 3.06 bits per heavy atom. The third-order valence-electron chi connectivity index (χ3n) is 3.57. The quantitative estimate of drug-likeness (QED) is 0.831. The van der Waals surface area contributed by atoms with Crippen LogP contribution in [0.4, 0.5) is 0 Å². The van der Waals surface area contributed by atoms with E-state index in [1.54, 1.807) is 19.2 Å². The lowest BCUT2D eigenvalue weighted by molar-refractivity contribution is -0.0798. The lowest BCUT2D eigenvalue weighted by atomic mass is 9.76. The van der Waals surface area contributed by atoms with Gasteiger partial charge in [-0.25, -0.2) is 4.98 Å². The second-order valence-electron chi connectivity index (χ2n) is 4.73. The maximum atomic E-state index is 10.5. The lowest BCUT2D eigenvalue weighted by Gasteiger charge is -2.39. The van der Waals surface area contributed by atoms with Crippen LogP contribution in [0.3, 0.4) is 0 Å². The number of aliphatic hydroxyl groups is 1. The molecule has 100 valence electrons. The van der Waals surface area contributed by atoms with E-state index in [4.69, 9.17) is 15.2 Å². The normalized spacial score (nSPS) is 25.7. The van der Waals surface area contributed by atoms with Gasteiger partial charge in [0, 0.05) is 24.6 Å². The number of rotatable bonds is 4. The van der Waals surface area contributed by atoms with Gasteiger partial charge in [-0.2, -0.15) is 0 Å². The summed E-state index contributed by atoms with van der Waals surface area (Å²) in [6, 6.07) is 5.36. The summed E-state index contributed by atoms with van der Waals surface area (Å²) in [6.07, 6.45) is 1.04. The zero-order chi connectivity index (χ0) is 13.0. The van der Waals surface area contributed by atoms with E-state index in [1.807, 2.05) is 6.07 Å². The van der Waals surface area contributed by atoms with Crippen molar-refractivity contribution in [1.29, 1.82) is 0 Å². The molecule has 1 aliphatic rings. The van der Waals surface area contributed by atoms with Crippen molar-refractivity contribution in [2.75, 3.05) is 26.9 Å². The number of ether oxygens (including phenoxy) is 2. The summed E-state index contributed by atoms with van der Waals surface area (Å²) in [5, 5.41) is 10.5. The predicted octanol–water partition coefficient (Wildman–Crippen LogP) is 0.879. The maximum Gasteiger partial charge on any atom is 0.213 e. The van der Waals surface area contributed by atoms with Crippen LogP contribution in [0.2, 0.25) is 0 Å². The van der Waals surface area contributed by atoms with Crippen LogP contribution in [0.1, 0.15) is 24.6 Å². The summed E-state index contributed by atoms with van der Waals surface area (Å²) in [7, 11) is 1.56. The van der Waals surface area contributed by atoms with E-state index < -0.39 is 11.5 Å². The SMILES string of the molecule is COc1cccc(C(O)C2(CN)CCCOC2)n1. The van der Waals surface area contributed by atoms with Crippen LogP contribution in [0, 0.1) is 5.41 Å². The fourth-order valence-corrected chi connectivity index (χ4v) is 2.37. The van der Waals surface area contributed by atoms with Gasteiger partial charge in [0.2, 0.25) is 5.88 Å². The van der Waals surface area contributed by atoms with Gasteiger partial charge in [0.15, 0.2) is 0 Å². The molecular formula is C13H20N2O3. The average Bonchev–Trinajstić information content (AvgIpc) is 2.47. The third kappa shape index (κ3) is 2.48. The van der Waals surface area contributed by atoms with Gasteiger partial charge in [-0.1, -0.05) is 6.07 Å². The topological polar surface area (TPSA) is 77.6 Å². The first-order chi connectivity index (χ1) is 8.72. The van der Waals surface area contributed by atoms with Crippen molar-refractivity contribution in [3.05, 3.63) is 23.9 Å². The van der Waals surface area contributed by atoms with Gasteiger partial charge in [-0.3, -0.25) is 0 Å². The highest BCUT2D eigenvalue weighted by atomic mass is 16.5. The number of nitrogens with zero attached hydrogens (tertiary/aromatic N) is 1. The molecule has 0 aromatic carbocycles. The molecule has 0 spiro atoms. The number of nitrogens with two attached hydrogens (primary N) is 1. The Morgan fingerprint density at radius 2 is 2.44 bits per heavy atom. The Morgan fingerprint density at radius 1 is 1.61 bits per heavy atom. The van der Waals surface area contributed by atoms with Crippen molar-refractivity contribution < 1.29 is 14.6 Å². The maximum absolute atomic E-state index is 10.5. The molecule has 0 bridgehead atoms. The molecule has 2 heterocycles. The molecule has 1 aliphatic heterocycles. The Hall–Kier alpha value is -1.17. The van der Waals surface area contributed by atoms with E-state index in [0.717, 1.165) is 19.4 Å². The first kappa shape index (κ1) is 13.3. The van der Waals surface area contributed by atoms with Gasteiger partial charge >= 0.3 is 0 Å². The first-order valence-corrected chi connectivity index (χ1v) is 6.19. The monoisotopic (exact) mass is 252 g/mol. The van der Waals surface area contributed by atoms with Crippen molar-refractivity contribution >= 4 is 0 Å². The van der Waals surface area contributed by atoms with Crippen molar-refractivity contribution in [1.82, 2.24) is 4.98 Å². The van der Waals surface area contributed by atoms with E-state index >= 15 is 0 Å². The molecule has 0 radical (unpaired) electrons. The van der Waals surface area contributed by atoms with E-state index in [2.05, 4.69) is 4.98 Å². The van der Waals surface area contributed by atoms with E-state index in [-0.39, 0.29) is 0 Å². The largest absolute Gasteiger partial charge is 0.481 e. The summed E-state index contributed by atoms with van der Waals surface area (Å²) in [4.78, 5) is 4.28. The van der Waals surface area contributed by atoms with Crippen LogP contribution in [0.5, 0.6) is 5.88 Å². The molecule has 1 aromatic rings. The van der Waals surface area contributed by atoms with Gasteiger partial charge in [0.05, 0.1) is 19.4 Å². The fourth-order valence-electron chi connectivity index (χ4n) is 2.37. The summed E-state index contributed by atoms with van der Waals surface area (Å²) in [5.74, 6) is 0.496. The highest BCUT2D eigenvalue weighted by Crippen LogP contribution is 2.39. The third-order valence-corrected chi connectivity index (χ3v) is 3.57. The van der Waals surface area contributed by atoms with Crippen molar-refractivity contribution in [2.45, 2.75) is 18.9 Å². The minimum atomic E-state index is -0.724.